The smallest absolute Gasteiger partial charge is 0.282 e. The third kappa shape index (κ3) is 2.98. The third-order valence-electron chi connectivity index (χ3n) is 2.96. The minimum atomic E-state index is -0.575. The summed E-state index contributed by atoms with van der Waals surface area (Å²) in [5, 5.41) is 11.2. The molecule has 0 radical (unpaired) electrons. The summed E-state index contributed by atoms with van der Waals surface area (Å²) in [6.07, 6.45) is 0.774. The van der Waals surface area contributed by atoms with Crippen LogP contribution in [0.25, 0.3) is 0 Å². The van der Waals surface area contributed by atoms with Crippen molar-refractivity contribution in [2.24, 2.45) is 0 Å². The Balaban J connectivity index is 3.19. The quantitative estimate of drug-likeness (QED) is 0.624. The molecule has 6 heteroatoms. The predicted octanol–water partition coefficient (Wildman–Crippen LogP) is 3.12. The van der Waals surface area contributed by atoms with Crippen molar-refractivity contribution in [1.82, 2.24) is 4.90 Å². The molecule has 0 aliphatic heterocycles. The summed E-state index contributed by atoms with van der Waals surface area (Å²) >= 11 is 5.79. The molecule has 0 saturated heterocycles. The molecule has 0 fully saturated rings. The topological polar surface area (TPSA) is 63.5 Å². The molecule has 0 bridgehead atoms. The van der Waals surface area contributed by atoms with Gasteiger partial charge in [-0.15, -0.1) is 0 Å². The number of carbonyl (C=O) groups is 1. The van der Waals surface area contributed by atoms with Crippen molar-refractivity contribution in [2.45, 2.75) is 26.3 Å². The molecule has 1 aromatic carbocycles. The van der Waals surface area contributed by atoms with E-state index < -0.39 is 10.8 Å². The van der Waals surface area contributed by atoms with Crippen LogP contribution in [0.15, 0.2) is 18.2 Å². The zero-order chi connectivity index (χ0) is 13.9. The SMILES string of the molecule is CCC(C)N(C)C(=O)c1cc(Cl)ccc1[N+](=O)[O-]. The Hall–Kier alpha value is -1.62. The highest BCUT2D eigenvalue weighted by atomic mass is 35.5. The number of halogens is 1. The molecule has 18 heavy (non-hydrogen) atoms. The van der Waals surface area contributed by atoms with Gasteiger partial charge in [-0.05, 0) is 25.5 Å². The number of hydrogen-bond acceptors (Lipinski definition) is 3. The molecule has 1 amide bonds. The first-order chi connectivity index (χ1) is 8.38. The Morgan fingerprint density at radius 1 is 1.56 bits per heavy atom. The molecule has 0 heterocycles. The van der Waals surface area contributed by atoms with Gasteiger partial charge in [0.25, 0.3) is 11.6 Å². The fraction of sp³-hybridized carbons (Fsp3) is 0.417. The first-order valence-corrected chi connectivity index (χ1v) is 5.97. The first kappa shape index (κ1) is 14.4. The second-order valence-electron chi connectivity index (χ2n) is 4.09. The molecular formula is C12H15ClN2O3. The Morgan fingerprint density at radius 3 is 2.67 bits per heavy atom. The van der Waals surface area contributed by atoms with Crippen LogP contribution in [0.2, 0.25) is 5.02 Å². The fourth-order valence-electron chi connectivity index (χ4n) is 1.50. The van der Waals surface area contributed by atoms with Crippen LogP contribution in [0.4, 0.5) is 5.69 Å². The van der Waals surface area contributed by atoms with Crippen LogP contribution >= 0.6 is 11.6 Å². The lowest BCUT2D eigenvalue weighted by Gasteiger charge is -2.23. The molecule has 98 valence electrons. The summed E-state index contributed by atoms with van der Waals surface area (Å²) in [6, 6.07) is 4.00. The lowest BCUT2D eigenvalue weighted by atomic mass is 10.1. The maximum Gasteiger partial charge on any atom is 0.282 e. The van der Waals surface area contributed by atoms with Crippen LogP contribution in [0.1, 0.15) is 30.6 Å². The van der Waals surface area contributed by atoms with E-state index in [1.165, 1.54) is 23.1 Å². The summed E-state index contributed by atoms with van der Waals surface area (Å²) in [5.41, 5.74) is -0.199. The van der Waals surface area contributed by atoms with Crippen molar-refractivity contribution < 1.29 is 9.72 Å². The minimum absolute atomic E-state index is 0.0103. The van der Waals surface area contributed by atoms with Gasteiger partial charge in [0, 0.05) is 24.2 Å². The van der Waals surface area contributed by atoms with Gasteiger partial charge in [-0.1, -0.05) is 18.5 Å². The largest absolute Gasteiger partial charge is 0.339 e. The van der Waals surface area contributed by atoms with Gasteiger partial charge in [-0.25, -0.2) is 0 Å². The maximum atomic E-state index is 12.2. The van der Waals surface area contributed by atoms with Crippen molar-refractivity contribution in [3.63, 3.8) is 0 Å². The molecule has 0 aliphatic carbocycles. The second kappa shape index (κ2) is 5.82. The van der Waals surface area contributed by atoms with Crippen LogP contribution in [-0.2, 0) is 0 Å². The van der Waals surface area contributed by atoms with Crippen LogP contribution < -0.4 is 0 Å². The minimum Gasteiger partial charge on any atom is -0.339 e. The van der Waals surface area contributed by atoms with Gasteiger partial charge >= 0.3 is 0 Å². The van der Waals surface area contributed by atoms with Crippen LogP contribution in [0.3, 0.4) is 0 Å². The maximum absolute atomic E-state index is 12.2. The van der Waals surface area contributed by atoms with E-state index >= 15 is 0 Å². The molecular weight excluding hydrogens is 256 g/mol. The van der Waals surface area contributed by atoms with E-state index in [1.807, 2.05) is 13.8 Å². The zero-order valence-corrected chi connectivity index (χ0v) is 11.3. The molecule has 1 unspecified atom stereocenters. The van der Waals surface area contributed by atoms with Crippen molar-refractivity contribution in [2.75, 3.05) is 7.05 Å². The van der Waals surface area contributed by atoms with Crippen LogP contribution in [-0.4, -0.2) is 28.8 Å². The van der Waals surface area contributed by atoms with Crippen molar-refractivity contribution >= 4 is 23.2 Å². The average molecular weight is 271 g/mol. The molecule has 0 saturated carbocycles. The van der Waals surface area contributed by atoms with Crippen molar-refractivity contribution in [3.8, 4) is 0 Å². The molecule has 1 rings (SSSR count). The van der Waals surface area contributed by atoms with Gasteiger partial charge in [0.15, 0.2) is 0 Å². The Labute approximate surface area is 110 Å². The molecule has 0 aliphatic rings. The van der Waals surface area contributed by atoms with E-state index in [0.29, 0.717) is 5.02 Å². The number of hydrogen-bond donors (Lipinski definition) is 0. The predicted molar refractivity (Wildman–Crippen MR) is 70.0 cm³/mol. The summed E-state index contributed by atoms with van der Waals surface area (Å²) in [7, 11) is 1.63. The van der Waals surface area contributed by atoms with E-state index in [4.69, 9.17) is 11.6 Å². The van der Waals surface area contributed by atoms with Gasteiger partial charge < -0.3 is 4.90 Å². The number of rotatable bonds is 4. The van der Waals surface area contributed by atoms with Crippen molar-refractivity contribution in [3.05, 3.63) is 38.9 Å². The number of amides is 1. The number of nitrogens with zero attached hydrogens (tertiary/aromatic N) is 2. The number of benzene rings is 1. The van der Waals surface area contributed by atoms with Gasteiger partial charge in [-0.3, -0.25) is 14.9 Å². The average Bonchev–Trinajstić information content (AvgIpc) is 2.35. The van der Waals surface area contributed by atoms with Gasteiger partial charge in [-0.2, -0.15) is 0 Å². The third-order valence-corrected chi connectivity index (χ3v) is 3.19. The molecule has 5 nitrogen and oxygen atoms in total. The zero-order valence-electron chi connectivity index (χ0n) is 10.5. The van der Waals surface area contributed by atoms with E-state index in [-0.39, 0.29) is 17.3 Å². The van der Waals surface area contributed by atoms with Crippen LogP contribution in [0.5, 0.6) is 0 Å². The Morgan fingerprint density at radius 2 is 2.17 bits per heavy atom. The number of carbonyl (C=O) groups excluding carboxylic acids is 1. The van der Waals surface area contributed by atoms with E-state index in [0.717, 1.165) is 6.42 Å². The monoisotopic (exact) mass is 270 g/mol. The lowest BCUT2D eigenvalue weighted by Crippen LogP contribution is -2.34. The molecule has 0 spiro atoms. The summed E-state index contributed by atoms with van der Waals surface area (Å²) in [5.74, 6) is -0.390. The van der Waals surface area contributed by atoms with Crippen LogP contribution in [0, 0.1) is 10.1 Å². The standard InChI is InChI=1S/C12H15ClN2O3/c1-4-8(2)14(3)12(16)10-7-9(13)5-6-11(10)15(17)18/h5-8H,4H2,1-3H3. The van der Waals surface area contributed by atoms with Gasteiger partial charge in [0.05, 0.1) is 4.92 Å². The fourth-order valence-corrected chi connectivity index (χ4v) is 1.67. The van der Waals surface area contributed by atoms with Crippen molar-refractivity contribution in [1.29, 1.82) is 0 Å². The Bertz CT molecular complexity index is 476. The summed E-state index contributed by atoms with van der Waals surface area (Å²) < 4.78 is 0. The first-order valence-electron chi connectivity index (χ1n) is 5.59. The number of nitro benzene ring substituents is 1. The molecule has 1 aromatic rings. The summed E-state index contributed by atoms with van der Waals surface area (Å²) in [6.45, 7) is 3.83. The van der Waals surface area contributed by atoms with E-state index in [9.17, 15) is 14.9 Å². The van der Waals surface area contributed by atoms with Gasteiger partial charge in [0.2, 0.25) is 0 Å². The number of nitro groups is 1. The highest BCUT2D eigenvalue weighted by molar-refractivity contribution is 6.31. The molecule has 0 N–H and O–H groups in total. The summed E-state index contributed by atoms with van der Waals surface area (Å²) in [4.78, 5) is 24.0. The van der Waals surface area contributed by atoms with E-state index in [1.54, 1.807) is 7.05 Å². The lowest BCUT2D eigenvalue weighted by molar-refractivity contribution is -0.385. The normalized spacial score (nSPS) is 12.0. The molecule has 0 aromatic heterocycles. The molecule has 1 atom stereocenters. The second-order valence-corrected chi connectivity index (χ2v) is 4.53. The van der Waals surface area contributed by atoms with Gasteiger partial charge in [0.1, 0.15) is 5.56 Å². The van der Waals surface area contributed by atoms with E-state index in [2.05, 4.69) is 0 Å². The highest BCUT2D eigenvalue weighted by Gasteiger charge is 2.25. The highest BCUT2D eigenvalue weighted by Crippen LogP contribution is 2.24. The Kier molecular flexibility index (Phi) is 4.67.